The number of carbonyl (C=O) groups is 1. The summed E-state index contributed by atoms with van der Waals surface area (Å²) in [5, 5.41) is 0. The number of hydrogen-bond acceptors (Lipinski definition) is 3. The summed E-state index contributed by atoms with van der Waals surface area (Å²) in [6, 6.07) is 0. The highest BCUT2D eigenvalue weighted by atomic mass is 16.6. The van der Waals surface area contributed by atoms with Gasteiger partial charge in [0.1, 0.15) is 5.60 Å². The lowest BCUT2D eigenvalue weighted by molar-refractivity contribution is -0.100. The van der Waals surface area contributed by atoms with Crippen molar-refractivity contribution < 1.29 is 14.3 Å². The summed E-state index contributed by atoms with van der Waals surface area (Å²) in [5.74, 6) is 0. The minimum Gasteiger partial charge on any atom is -0.444 e. The van der Waals surface area contributed by atoms with E-state index in [0.29, 0.717) is 0 Å². The van der Waals surface area contributed by atoms with Crippen LogP contribution in [0.25, 0.3) is 0 Å². The van der Waals surface area contributed by atoms with Gasteiger partial charge in [0.2, 0.25) is 0 Å². The largest absolute Gasteiger partial charge is 0.444 e. The molecular weight excluding hydrogens is 206 g/mol. The maximum Gasteiger partial charge on any atom is 0.410 e. The minimum atomic E-state index is -0.400. The van der Waals surface area contributed by atoms with E-state index >= 15 is 0 Å². The molecule has 2 fully saturated rings. The molecule has 1 spiro atoms. The fourth-order valence-electron chi connectivity index (χ4n) is 2.38. The average Bonchev–Trinajstić information content (AvgIpc) is 2.12. The number of likely N-dealkylation sites (tertiary alicyclic amines) is 1. The molecule has 2 saturated heterocycles. The topological polar surface area (TPSA) is 38.8 Å². The summed E-state index contributed by atoms with van der Waals surface area (Å²) in [5.41, 5.74) is -0.169. The molecule has 0 aromatic rings. The molecule has 2 aliphatic rings. The van der Waals surface area contributed by atoms with E-state index in [-0.39, 0.29) is 11.5 Å². The highest BCUT2D eigenvalue weighted by molar-refractivity contribution is 5.69. The van der Waals surface area contributed by atoms with Gasteiger partial charge in [-0.15, -0.1) is 0 Å². The number of hydrogen-bond donors (Lipinski definition) is 0. The number of nitrogens with zero attached hydrogens (tertiary/aromatic N) is 1. The van der Waals surface area contributed by atoms with Crippen LogP contribution in [-0.4, -0.2) is 42.9 Å². The van der Waals surface area contributed by atoms with E-state index < -0.39 is 5.60 Å². The number of ether oxygens (including phenoxy) is 2. The molecule has 0 aliphatic carbocycles. The second kappa shape index (κ2) is 3.91. The van der Waals surface area contributed by atoms with E-state index in [1.807, 2.05) is 20.8 Å². The van der Waals surface area contributed by atoms with Gasteiger partial charge in [-0.05, 0) is 33.6 Å². The van der Waals surface area contributed by atoms with Crippen LogP contribution in [0.3, 0.4) is 0 Å². The third-order valence-corrected chi connectivity index (χ3v) is 3.11. The normalized spacial score (nSPS) is 24.1. The molecule has 0 radical (unpaired) electrons. The zero-order valence-electron chi connectivity index (χ0n) is 10.4. The summed E-state index contributed by atoms with van der Waals surface area (Å²) in [4.78, 5) is 13.5. The first-order chi connectivity index (χ1) is 7.40. The molecule has 1 amide bonds. The van der Waals surface area contributed by atoms with Crippen molar-refractivity contribution in [2.75, 3.05) is 26.3 Å². The molecule has 0 saturated carbocycles. The minimum absolute atomic E-state index is 0.191. The smallest absolute Gasteiger partial charge is 0.410 e. The summed E-state index contributed by atoms with van der Waals surface area (Å²) in [7, 11) is 0. The van der Waals surface area contributed by atoms with E-state index in [9.17, 15) is 4.79 Å². The van der Waals surface area contributed by atoms with Crippen LogP contribution in [0.2, 0.25) is 0 Å². The molecule has 0 aromatic carbocycles. The van der Waals surface area contributed by atoms with Crippen molar-refractivity contribution in [3.8, 4) is 0 Å². The molecular formula is C12H21NO3. The lowest BCUT2D eigenvalue weighted by Gasteiger charge is -2.51. The van der Waals surface area contributed by atoms with E-state index in [2.05, 4.69) is 0 Å². The Bertz CT molecular complexity index is 268. The fourth-order valence-corrected chi connectivity index (χ4v) is 2.38. The molecule has 0 aromatic heterocycles. The first kappa shape index (κ1) is 11.7. The van der Waals surface area contributed by atoms with Gasteiger partial charge >= 0.3 is 6.09 Å². The van der Waals surface area contributed by atoms with Gasteiger partial charge in [0.25, 0.3) is 0 Å². The molecule has 0 N–H and O–H groups in total. The van der Waals surface area contributed by atoms with Crippen molar-refractivity contribution >= 4 is 6.09 Å². The van der Waals surface area contributed by atoms with E-state index in [1.54, 1.807) is 4.90 Å². The Labute approximate surface area is 96.9 Å². The van der Waals surface area contributed by atoms with Crippen LogP contribution in [0, 0.1) is 5.41 Å². The lowest BCUT2D eigenvalue weighted by Crippen LogP contribution is -2.62. The van der Waals surface area contributed by atoms with E-state index in [4.69, 9.17) is 9.47 Å². The van der Waals surface area contributed by atoms with Crippen molar-refractivity contribution in [2.45, 2.75) is 39.2 Å². The number of amides is 1. The second-order valence-electron chi connectivity index (χ2n) is 5.99. The van der Waals surface area contributed by atoms with E-state index in [0.717, 1.165) is 32.7 Å². The van der Waals surface area contributed by atoms with Crippen LogP contribution >= 0.6 is 0 Å². The van der Waals surface area contributed by atoms with Crippen LogP contribution < -0.4 is 0 Å². The van der Waals surface area contributed by atoms with Gasteiger partial charge in [-0.3, -0.25) is 0 Å². The lowest BCUT2D eigenvalue weighted by atomic mass is 9.76. The molecule has 4 nitrogen and oxygen atoms in total. The maximum atomic E-state index is 11.7. The summed E-state index contributed by atoms with van der Waals surface area (Å²) >= 11 is 0. The Hall–Kier alpha value is -0.770. The van der Waals surface area contributed by atoms with Gasteiger partial charge in [-0.2, -0.15) is 0 Å². The Kier molecular flexibility index (Phi) is 2.86. The van der Waals surface area contributed by atoms with Crippen LogP contribution in [0.1, 0.15) is 33.6 Å². The monoisotopic (exact) mass is 227 g/mol. The van der Waals surface area contributed by atoms with Crippen LogP contribution in [0.15, 0.2) is 0 Å². The van der Waals surface area contributed by atoms with Gasteiger partial charge in [-0.1, -0.05) is 0 Å². The molecule has 0 bridgehead atoms. The molecule has 16 heavy (non-hydrogen) atoms. The van der Waals surface area contributed by atoms with Gasteiger partial charge in [0.15, 0.2) is 0 Å². The maximum absolute atomic E-state index is 11.7. The van der Waals surface area contributed by atoms with Gasteiger partial charge < -0.3 is 14.4 Å². The summed E-state index contributed by atoms with van der Waals surface area (Å²) < 4.78 is 10.8. The number of carbonyl (C=O) groups excluding carboxylic acids is 1. The zero-order chi connectivity index (χ0) is 11.8. The standard InChI is InChI=1S/C12H21NO3/c1-11(2,3)16-10(14)13-7-12(8-13)5-4-6-15-9-12/h4-9H2,1-3H3. The first-order valence-corrected chi connectivity index (χ1v) is 5.96. The highest BCUT2D eigenvalue weighted by Gasteiger charge is 2.47. The third-order valence-electron chi connectivity index (χ3n) is 3.11. The molecule has 0 unspecified atom stereocenters. The zero-order valence-corrected chi connectivity index (χ0v) is 10.4. The van der Waals surface area contributed by atoms with Gasteiger partial charge in [0, 0.05) is 25.1 Å². The SMILES string of the molecule is CC(C)(C)OC(=O)N1CC2(CCCOC2)C1. The molecule has 92 valence electrons. The van der Waals surface area contributed by atoms with Crippen molar-refractivity contribution in [2.24, 2.45) is 5.41 Å². The van der Waals surface area contributed by atoms with Crippen molar-refractivity contribution in [1.82, 2.24) is 4.90 Å². The molecule has 2 heterocycles. The fraction of sp³-hybridized carbons (Fsp3) is 0.917. The average molecular weight is 227 g/mol. The quantitative estimate of drug-likeness (QED) is 0.635. The van der Waals surface area contributed by atoms with Gasteiger partial charge in [0.05, 0.1) is 6.61 Å². The molecule has 4 heteroatoms. The van der Waals surface area contributed by atoms with Crippen LogP contribution in [0.5, 0.6) is 0 Å². The Morgan fingerprint density at radius 3 is 2.56 bits per heavy atom. The predicted octanol–water partition coefficient (Wildman–Crippen LogP) is 2.03. The molecule has 2 aliphatic heterocycles. The van der Waals surface area contributed by atoms with E-state index in [1.165, 1.54) is 6.42 Å². The Morgan fingerprint density at radius 1 is 1.38 bits per heavy atom. The number of rotatable bonds is 0. The van der Waals surface area contributed by atoms with Crippen molar-refractivity contribution in [3.05, 3.63) is 0 Å². The predicted molar refractivity (Wildman–Crippen MR) is 60.3 cm³/mol. The molecule has 2 rings (SSSR count). The van der Waals surface area contributed by atoms with Crippen molar-refractivity contribution in [1.29, 1.82) is 0 Å². The third kappa shape index (κ3) is 2.48. The van der Waals surface area contributed by atoms with Crippen LogP contribution in [0.4, 0.5) is 4.79 Å². The summed E-state index contributed by atoms with van der Waals surface area (Å²) in [6.07, 6.45) is 2.10. The Morgan fingerprint density at radius 2 is 2.06 bits per heavy atom. The van der Waals surface area contributed by atoms with Gasteiger partial charge in [-0.25, -0.2) is 4.79 Å². The molecule has 0 atom stereocenters. The highest BCUT2D eigenvalue weighted by Crippen LogP contribution is 2.38. The van der Waals surface area contributed by atoms with Crippen LogP contribution in [-0.2, 0) is 9.47 Å². The summed E-state index contributed by atoms with van der Waals surface area (Å²) in [6.45, 7) is 8.93. The second-order valence-corrected chi connectivity index (χ2v) is 5.99. The first-order valence-electron chi connectivity index (χ1n) is 5.96. The Balaban J connectivity index is 1.81. The van der Waals surface area contributed by atoms with Crippen molar-refractivity contribution in [3.63, 3.8) is 0 Å².